The van der Waals surface area contributed by atoms with Crippen LogP contribution in [-0.4, -0.2) is 9.97 Å². The van der Waals surface area contributed by atoms with E-state index >= 15 is 0 Å². The van der Waals surface area contributed by atoms with Gasteiger partial charge in [0.1, 0.15) is 12.0 Å². The molecule has 0 saturated heterocycles. The fourth-order valence-electron chi connectivity index (χ4n) is 1.34. The van der Waals surface area contributed by atoms with E-state index in [0.717, 1.165) is 10.0 Å². The summed E-state index contributed by atoms with van der Waals surface area (Å²) in [4.78, 5) is 7.83. The van der Waals surface area contributed by atoms with Crippen molar-refractivity contribution in [3.8, 4) is 0 Å². The molecule has 0 amide bonds. The molecule has 0 radical (unpaired) electrons. The smallest absolute Gasteiger partial charge is 0.157 e. The van der Waals surface area contributed by atoms with Gasteiger partial charge in [-0.25, -0.2) is 9.97 Å². The molecule has 88 valence electrons. The lowest BCUT2D eigenvalue weighted by atomic mass is 10.2. The van der Waals surface area contributed by atoms with E-state index in [9.17, 15) is 0 Å². The molecule has 0 aliphatic carbocycles. The largest absolute Gasteiger partial charge is 0.393 e. The van der Waals surface area contributed by atoms with E-state index in [4.69, 9.17) is 17.3 Å². The molecule has 2 aromatic rings. The lowest BCUT2D eigenvalue weighted by molar-refractivity contribution is 1.08. The van der Waals surface area contributed by atoms with Crippen LogP contribution in [0.15, 0.2) is 35.1 Å². The standard InChI is InChI=1S/C11H10BrClN4/c12-8-4-2-1-3-7(8)5-15-11-9(14)10(13)16-6-17-11/h1-4,6H,5,14H2,(H,15,16,17). The van der Waals surface area contributed by atoms with Gasteiger partial charge in [-0.3, -0.25) is 0 Å². The maximum atomic E-state index is 5.80. The van der Waals surface area contributed by atoms with Gasteiger partial charge in [0, 0.05) is 11.0 Å². The number of nitrogens with zero attached hydrogens (tertiary/aromatic N) is 2. The van der Waals surface area contributed by atoms with Crippen molar-refractivity contribution < 1.29 is 0 Å². The van der Waals surface area contributed by atoms with Gasteiger partial charge in [-0.15, -0.1) is 0 Å². The number of nitrogen functional groups attached to an aromatic ring is 1. The van der Waals surface area contributed by atoms with E-state index in [2.05, 4.69) is 31.2 Å². The number of rotatable bonds is 3. The maximum absolute atomic E-state index is 5.80. The molecule has 0 spiro atoms. The fraction of sp³-hybridized carbons (Fsp3) is 0.0909. The molecule has 17 heavy (non-hydrogen) atoms. The second-order valence-electron chi connectivity index (χ2n) is 3.37. The predicted molar refractivity (Wildman–Crippen MR) is 72.9 cm³/mol. The third-order valence-electron chi connectivity index (χ3n) is 2.24. The van der Waals surface area contributed by atoms with E-state index in [0.29, 0.717) is 18.1 Å². The minimum Gasteiger partial charge on any atom is -0.393 e. The number of hydrogen-bond donors (Lipinski definition) is 2. The van der Waals surface area contributed by atoms with Crippen LogP contribution in [0.2, 0.25) is 5.15 Å². The number of aromatic nitrogens is 2. The monoisotopic (exact) mass is 312 g/mol. The lowest BCUT2D eigenvalue weighted by Gasteiger charge is -2.09. The third-order valence-corrected chi connectivity index (χ3v) is 3.31. The van der Waals surface area contributed by atoms with Crippen LogP contribution in [0, 0.1) is 0 Å². The molecule has 6 heteroatoms. The molecule has 0 aliphatic rings. The normalized spacial score (nSPS) is 10.2. The van der Waals surface area contributed by atoms with Crippen LogP contribution in [0.4, 0.5) is 11.5 Å². The summed E-state index contributed by atoms with van der Waals surface area (Å²) in [6.45, 7) is 0.610. The van der Waals surface area contributed by atoms with E-state index in [1.165, 1.54) is 6.33 Å². The third kappa shape index (κ3) is 2.87. The Morgan fingerprint density at radius 2 is 2.06 bits per heavy atom. The average molecular weight is 314 g/mol. The van der Waals surface area contributed by atoms with Crippen molar-refractivity contribution in [2.45, 2.75) is 6.54 Å². The molecule has 1 heterocycles. The Morgan fingerprint density at radius 1 is 1.29 bits per heavy atom. The highest BCUT2D eigenvalue weighted by molar-refractivity contribution is 9.10. The molecule has 1 aromatic carbocycles. The Hall–Kier alpha value is -1.33. The van der Waals surface area contributed by atoms with Crippen molar-refractivity contribution in [2.24, 2.45) is 0 Å². The van der Waals surface area contributed by atoms with Gasteiger partial charge in [-0.2, -0.15) is 0 Å². The van der Waals surface area contributed by atoms with Gasteiger partial charge in [0.25, 0.3) is 0 Å². The van der Waals surface area contributed by atoms with Gasteiger partial charge < -0.3 is 11.1 Å². The highest BCUT2D eigenvalue weighted by atomic mass is 79.9. The zero-order chi connectivity index (χ0) is 12.3. The number of nitrogens with one attached hydrogen (secondary N) is 1. The van der Waals surface area contributed by atoms with Gasteiger partial charge in [0.2, 0.25) is 0 Å². The molecule has 4 nitrogen and oxygen atoms in total. The van der Waals surface area contributed by atoms with Gasteiger partial charge in [-0.1, -0.05) is 45.7 Å². The van der Waals surface area contributed by atoms with E-state index in [1.54, 1.807) is 0 Å². The Morgan fingerprint density at radius 3 is 2.82 bits per heavy atom. The Bertz CT molecular complexity index is 533. The fourth-order valence-corrected chi connectivity index (χ4v) is 1.89. The number of hydrogen-bond acceptors (Lipinski definition) is 4. The van der Waals surface area contributed by atoms with Crippen molar-refractivity contribution in [2.75, 3.05) is 11.1 Å². The first-order valence-electron chi connectivity index (χ1n) is 4.91. The summed E-state index contributed by atoms with van der Waals surface area (Å²) in [6.07, 6.45) is 1.38. The van der Waals surface area contributed by atoms with Crippen LogP contribution in [-0.2, 0) is 6.54 Å². The molecule has 1 aromatic heterocycles. The van der Waals surface area contributed by atoms with Crippen LogP contribution >= 0.6 is 27.5 Å². The SMILES string of the molecule is Nc1c(Cl)ncnc1NCc1ccccc1Br. The van der Waals surface area contributed by atoms with Crippen LogP contribution in [0.1, 0.15) is 5.56 Å². The second-order valence-corrected chi connectivity index (χ2v) is 4.58. The van der Waals surface area contributed by atoms with E-state index < -0.39 is 0 Å². The summed E-state index contributed by atoms with van der Waals surface area (Å²) in [5, 5.41) is 3.38. The lowest BCUT2D eigenvalue weighted by Crippen LogP contribution is -2.06. The number of nitrogens with two attached hydrogens (primary N) is 1. The Kier molecular flexibility index (Phi) is 3.81. The van der Waals surface area contributed by atoms with Crippen LogP contribution in [0.3, 0.4) is 0 Å². The second kappa shape index (κ2) is 5.33. The summed E-state index contributed by atoms with van der Waals surface area (Å²) in [5.74, 6) is 0.542. The van der Waals surface area contributed by atoms with Crippen molar-refractivity contribution in [3.05, 3.63) is 45.8 Å². The molecular formula is C11H10BrClN4. The summed E-state index contributed by atoms with van der Waals surface area (Å²) in [6, 6.07) is 7.92. The summed E-state index contributed by atoms with van der Waals surface area (Å²) < 4.78 is 1.03. The van der Waals surface area contributed by atoms with Crippen molar-refractivity contribution in [3.63, 3.8) is 0 Å². The van der Waals surface area contributed by atoms with E-state index in [-0.39, 0.29) is 5.15 Å². The predicted octanol–water partition coefficient (Wildman–Crippen LogP) is 3.09. The summed E-state index contributed by atoms with van der Waals surface area (Å²) in [7, 11) is 0. The zero-order valence-corrected chi connectivity index (χ0v) is 11.2. The average Bonchev–Trinajstić information content (AvgIpc) is 2.33. The Balaban J connectivity index is 2.13. The minimum atomic E-state index is 0.259. The van der Waals surface area contributed by atoms with Gasteiger partial charge >= 0.3 is 0 Å². The summed E-state index contributed by atoms with van der Waals surface area (Å²) >= 11 is 9.27. The van der Waals surface area contributed by atoms with E-state index in [1.807, 2.05) is 24.3 Å². The number of halogens is 2. The topological polar surface area (TPSA) is 63.8 Å². The zero-order valence-electron chi connectivity index (χ0n) is 8.82. The molecule has 0 aliphatic heterocycles. The van der Waals surface area contributed by atoms with Crippen LogP contribution in [0.25, 0.3) is 0 Å². The highest BCUT2D eigenvalue weighted by Crippen LogP contribution is 2.23. The quantitative estimate of drug-likeness (QED) is 0.855. The first-order chi connectivity index (χ1) is 8.18. The molecule has 0 atom stereocenters. The Labute approximate surface area is 112 Å². The number of benzene rings is 1. The molecular weight excluding hydrogens is 304 g/mol. The van der Waals surface area contributed by atoms with Crippen molar-refractivity contribution >= 4 is 39.0 Å². The minimum absolute atomic E-state index is 0.259. The summed E-state index contributed by atoms with van der Waals surface area (Å²) in [5.41, 5.74) is 7.23. The van der Waals surface area contributed by atoms with Crippen molar-refractivity contribution in [1.29, 1.82) is 0 Å². The van der Waals surface area contributed by atoms with Crippen LogP contribution in [0.5, 0.6) is 0 Å². The first kappa shape index (κ1) is 12.1. The highest BCUT2D eigenvalue weighted by Gasteiger charge is 2.06. The molecule has 2 rings (SSSR count). The first-order valence-corrected chi connectivity index (χ1v) is 6.09. The molecule has 0 fully saturated rings. The number of anilines is 2. The maximum Gasteiger partial charge on any atom is 0.157 e. The van der Waals surface area contributed by atoms with Gasteiger partial charge in [0.15, 0.2) is 11.0 Å². The van der Waals surface area contributed by atoms with Gasteiger partial charge in [-0.05, 0) is 11.6 Å². The van der Waals surface area contributed by atoms with Crippen molar-refractivity contribution in [1.82, 2.24) is 9.97 Å². The van der Waals surface area contributed by atoms with Gasteiger partial charge in [0.05, 0.1) is 0 Å². The van der Waals surface area contributed by atoms with Crippen LogP contribution < -0.4 is 11.1 Å². The molecule has 0 unspecified atom stereocenters. The molecule has 0 saturated carbocycles. The molecule has 3 N–H and O–H groups in total. The molecule has 0 bridgehead atoms.